The Bertz CT molecular complexity index is 631. The molecular weight excluding hydrogens is 334 g/mol. The van der Waals surface area contributed by atoms with Crippen LogP contribution in [0, 0.1) is 11.8 Å². The van der Waals surface area contributed by atoms with Gasteiger partial charge in [0.2, 0.25) is 5.75 Å². The number of nitrogens with zero attached hydrogens (tertiary/aromatic N) is 1. The summed E-state index contributed by atoms with van der Waals surface area (Å²) >= 11 is 0. The molecule has 25 heavy (non-hydrogen) atoms. The molecule has 1 aromatic rings. The summed E-state index contributed by atoms with van der Waals surface area (Å²) in [5, 5.41) is 0. The molecule has 138 valence electrons. The number of fused-ring (bicyclic) bond motifs is 1. The number of benzene rings is 1. The van der Waals surface area contributed by atoms with Crippen LogP contribution in [0.4, 0.5) is 8.78 Å². The minimum Gasteiger partial charge on any atom is -0.493 e. The van der Waals surface area contributed by atoms with Crippen molar-refractivity contribution >= 4 is 5.91 Å². The summed E-state index contributed by atoms with van der Waals surface area (Å²) in [6.45, 7) is -1.74. The lowest BCUT2D eigenvalue weighted by Gasteiger charge is -2.20. The van der Waals surface area contributed by atoms with Gasteiger partial charge in [-0.25, -0.2) is 0 Å². The number of nitrogens with two attached hydrogens (primary N) is 1. The number of amides is 1. The fraction of sp³-hybridized carbons (Fsp3) is 0.588. The summed E-state index contributed by atoms with van der Waals surface area (Å²) in [5.41, 5.74) is 6.42. The van der Waals surface area contributed by atoms with Crippen LogP contribution in [0.1, 0.15) is 23.2 Å². The molecule has 2 fully saturated rings. The number of likely N-dealkylation sites (tertiary alicyclic amines) is 1. The SMILES string of the molecule is COc1cc(C(=O)N2CC3CCC(N)C3C2)cc(OC)c1OC(F)F. The van der Waals surface area contributed by atoms with Gasteiger partial charge in [0, 0.05) is 24.7 Å². The number of methoxy groups -OCH3 is 2. The summed E-state index contributed by atoms with van der Waals surface area (Å²) in [5.74, 6) is 0.398. The van der Waals surface area contributed by atoms with Gasteiger partial charge in [-0.3, -0.25) is 4.79 Å². The van der Waals surface area contributed by atoms with E-state index >= 15 is 0 Å². The van der Waals surface area contributed by atoms with Crippen LogP contribution in [-0.2, 0) is 0 Å². The maximum Gasteiger partial charge on any atom is 0.387 e. The molecule has 3 unspecified atom stereocenters. The second kappa shape index (κ2) is 7.03. The Kier molecular flexibility index (Phi) is 4.99. The highest BCUT2D eigenvalue weighted by molar-refractivity contribution is 5.96. The largest absolute Gasteiger partial charge is 0.493 e. The predicted molar refractivity (Wildman–Crippen MR) is 86.3 cm³/mol. The van der Waals surface area contributed by atoms with Crippen LogP contribution >= 0.6 is 0 Å². The summed E-state index contributed by atoms with van der Waals surface area (Å²) in [6, 6.07) is 2.93. The highest BCUT2D eigenvalue weighted by atomic mass is 19.3. The molecule has 6 nitrogen and oxygen atoms in total. The van der Waals surface area contributed by atoms with Crippen molar-refractivity contribution in [2.45, 2.75) is 25.5 Å². The number of alkyl halides is 2. The van der Waals surface area contributed by atoms with Crippen LogP contribution in [-0.4, -0.2) is 50.8 Å². The van der Waals surface area contributed by atoms with Gasteiger partial charge in [0.1, 0.15) is 0 Å². The molecule has 1 saturated heterocycles. The molecule has 0 spiro atoms. The van der Waals surface area contributed by atoms with Crippen molar-refractivity contribution in [3.05, 3.63) is 17.7 Å². The summed E-state index contributed by atoms with van der Waals surface area (Å²) in [4.78, 5) is 14.6. The molecule has 1 amide bonds. The van der Waals surface area contributed by atoms with E-state index in [0.717, 1.165) is 12.8 Å². The minimum absolute atomic E-state index is 0.0269. The highest BCUT2D eigenvalue weighted by Crippen LogP contribution is 2.41. The van der Waals surface area contributed by atoms with Crippen LogP contribution in [0.25, 0.3) is 0 Å². The number of rotatable bonds is 5. The third-order valence-electron chi connectivity index (χ3n) is 5.11. The van der Waals surface area contributed by atoms with Crippen molar-refractivity contribution in [1.82, 2.24) is 4.90 Å². The molecule has 3 atom stereocenters. The molecule has 3 rings (SSSR count). The van der Waals surface area contributed by atoms with Crippen molar-refractivity contribution in [2.75, 3.05) is 27.3 Å². The van der Waals surface area contributed by atoms with Gasteiger partial charge in [-0.2, -0.15) is 8.78 Å². The summed E-state index contributed by atoms with van der Waals surface area (Å²) in [7, 11) is 2.64. The van der Waals surface area contributed by atoms with Gasteiger partial charge in [0.15, 0.2) is 11.5 Å². The fourth-order valence-electron chi connectivity index (χ4n) is 3.86. The van der Waals surface area contributed by atoms with Crippen LogP contribution in [0.3, 0.4) is 0 Å². The van der Waals surface area contributed by atoms with Crippen LogP contribution < -0.4 is 19.9 Å². The molecule has 1 aliphatic heterocycles. The standard InChI is InChI=1S/C17H22F2N2O4/c1-23-13-5-10(6-14(24-2)15(13)25-17(18)19)16(22)21-7-9-3-4-12(20)11(9)8-21/h5-6,9,11-12,17H,3-4,7-8,20H2,1-2H3. The first-order valence-corrected chi connectivity index (χ1v) is 8.20. The van der Waals surface area contributed by atoms with Gasteiger partial charge in [-0.1, -0.05) is 0 Å². The first-order valence-electron chi connectivity index (χ1n) is 8.20. The molecule has 1 heterocycles. The molecule has 0 bridgehead atoms. The predicted octanol–water partition coefficient (Wildman–Crippen LogP) is 2.11. The van der Waals surface area contributed by atoms with Crippen molar-refractivity contribution in [2.24, 2.45) is 17.6 Å². The second-order valence-electron chi connectivity index (χ2n) is 6.46. The smallest absolute Gasteiger partial charge is 0.387 e. The number of hydrogen-bond donors (Lipinski definition) is 1. The van der Waals surface area contributed by atoms with E-state index in [1.165, 1.54) is 26.4 Å². The fourth-order valence-corrected chi connectivity index (χ4v) is 3.86. The first-order chi connectivity index (χ1) is 11.9. The van der Waals surface area contributed by atoms with E-state index in [1.54, 1.807) is 4.90 Å². The maximum absolute atomic E-state index is 12.8. The van der Waals surface area contributed by atoms with Crippen molar-refractivity contribution in [3.63, 3.8) is 0 Å². The van der Waals surface area contributed by atoms with E-state index < -0.39 is 6.61 Å². The molecule has 1 saturated carbocycles. The van der Waals surface area contributed by atoms with Gasteiger partial charge in [-0.05, 0) is 36.8 Å². The summed E-state index contributed by atoms with van der Waals surface area (Å²) in [6.07, 6.45) is 2.03. The molecule has 0 radical (unpaired) electrons. The lowest BCUT2D eigenvalue weighted by molar-refractivity contribution is -0.0526. The quantitative estimate of drug-likeness (QED) is 0.875. The van der Waals surface area contributed by atoms with E-state index in [0.29, 0.717) is 30.5 Å². The minimum atomic E-state index is -3.02. The van der Waals surface area contributed by atoms with E-state index in [9.17, 15) is 13.6 Å². The van der Waals surface area contributed by atoms with Gasteiger partial charge >= 0.3 is 6.61 Å². The summed E-state index contributed by atoms with van der Waals surface area (Å²) < 4.78 is 39.9. The van der Waals surface area contributed by atoms with Crippen molar-refractivity contribution in [1.29, 1.82) is 0 Å². The Balaban J connectivity index is 1.85. The number of halogens is 2. The number of carbonyl (C=O) groups excluding carboxylic acids is 1. The topological polar surface area (TPSA) is 74.0 Å². The average molecular weight is 356 g/mol. The molecular formula is C17H22F2N2O4. The first kappa shape index (κ1) is 17.7. The Morgan fingerprint density at radius 3 is 2.36 bits per heavy atom. The lowest BCUT2D eigenvalue weighted by Crippen LogP contribution is -2.33. The molecule has 1 aromatic carbocycles. The second-order valence-corrected chi connectivity index (χ2v) is 6.46. The van der Waals surface area contributed by atoms with Gasteiger partial charge in [0.25, 0.3) is 5.91 Å². The zero-order chi connectivity index (χ0) is 18.1. The Morgan fingerprint density at radius 2 is 1.84 bits per heavy atom. The third kappa shape index (κ3) is 3.35. The Hall–Kier alpha value is -2.09. The van der Waals surface area contributed by atoms with Gasteiger partial charge < -0.3 is 24.8 Å². The Morgan fingerprint density at radius 1 is 1.20 bits per heavy atom. The zero-order valence-electron chi connectivity index (χ0n) is 14.2. The van der Waals surface area contributed by atoms with Gasteiger partial charge in [0.05, 0.1) is 14.2 Å². The monoisotopic (exact) mass is 356 g/mol. The highest BCUT2D eigenvalue weighted by Gasteiger charge is 2.42. The van der Waals surface area contributed by atoms with E-state index in [-0.39, 0.29) is 29.2 Å². The van der Waals surface area contributed by atoms with E-state index in [4.69, 9.17) is 15.2 Å². The third-order valence-corrected chi connectivity index (χ3v) is 5.11. The molecule has 2 N–H and O–H groups in total. The number of ether oxygens (including phenoxy) is 3. The number of hydrogen-bond acceptors (Lipinski definition) is 5. The number of carbonyl (C=O) groups is 1. The van der Waals surface area contributed by atoms with E-state index in [1.807, 2.05) is 0 Å². The van der Waals surface area contributed by atoms with Gasteiger partial charge in [-0.15, -0.1) is 0 Å². The normalized spacial score (nSPS) is 25.2. The van der Waals surface area contributed by atoms with Crippen LogP contribution in [0.2, 0.25) is 0 Å². The molecule has 0 aromatic heterocycles. The zero-order valence-corrected chi connectivity index (χ0v) is 14.2. The Labute approximate surface area is 144 Å². The van der Waals surface area contributed by atoms with Crippen LogP contribution in [0.5, 0.6) is 17.2 Å². The van der Waals surface area contributed by atoms with Crippen LogP contribution in [0.15, 0.2) is 12.1 Å². The maximum atomic E-state index is 12.8. The van der Waals surface area contributed by atoms with E-state index in [2.05, 4.69) is 4.74 Å². The average Bonchev–Trinajstić information content (AvgIpc) is 3.16. The molecule has 8 heteroatoms. The molecule has 1 aliphatic carbocycles. The van der Waals surface area contributed by atoms with Crippen molar-refractivity contribution < 1.29 is 27.8 Å². The lowest BCUT2D eigenvalue weighted by atomic mass is 9.98. The molecule has 2 aliphatic rings. The van der Waals surface area contributed by atoms with Crippen molar-refractivity contribution in [3.8, 4) is 17.2 Å².